The molecule has 0 spiro atoms. The van der Waals surface area contributed by atoms with Gasteiger partial charge >= 0.3 is 5.97 Å². The van der Waals surface area contributed by atoms with Gasteiger partial charge in [0.15, 0.2) is 6.61 Å². The number of nitrogens with one attached hydrogen (secondary N) is 2. The van der Waals surface area contributed by atoms with Gasteiger partial charge in [-0.3, -0.25) is 9.59 Å². The summed E-state index contributed by atoms with van der Waals surface area (Å²) < 4.78 is 5.29. The van der Waals surface area contributed by atoms with Gasteiger partial charge in [0.1, 0.15) is 11.3 Å². The number of carbonyl (C=O) groups excluding carboxylic acids is 2. The van der Waals surface area contributed by atoms with Crippen molar-refractivity contribution < 1.29 is 24.2 Å². The highest BCUT2D eigenvalue weighted by Crippen LogP contribution is 2.33. The molecule has 1 fully saturated rings. The molecule has 0 unspecified atom stereocenters. The molecule has 7 heteroatoms. The molecule has 0 saturated heterocycles. The zero-order chi connectivity index (χ0) is 19.0. The molecule has 1 aromatic rings. The van der Waals surface area contributed by atoms with Gasteiger partial charge in [0, 0.05) is 0 Å². The number of carboxylic acid groups (broad SMARTS) is 1. The average molecular weight is 362 g/mol. The van der Waals surface area contributed by atoms with Crippen molar-refractivity contribution in [3.8, 4) is 5.75 Å². The number of benzene rings is 1. The predicted octanol–water partition coefficient (Wildman–Crippen LogP) is 1.72. The standard InChI is InChI=1S/C19H26N2O5/c1-2-14-8-10-19(11-9-14,18(24)25)21-16(22)12-20-17(23)13-26-15-6-4-3-5-7-15/h3-7,14H,2,8-13H2,1H3,(H,20,23)(H,21,22)(H,24,25). The number of ether oxygens (including phenoxy) is 1. The van der Waals surface area contributed by atoms with Gasteiger partial charge in [0.25, 0.3) is 5.91 Å². The first-order valence-corrected chi connectivity index (χ1v) is 8.94. The van der Waals surface area contributed by atoms with Crippen LogP contribution in [0.15, 0.2) is 30.3 Å². The Kier molecular flexibility index (Phi) is 7.00. The SMILES string of the molecule is CCC1CCC(NC(=O)CNC(=O)COc2ccccc2)(C(=O)O)CC1. The summed E-state index contributed by atoms with van der Waals surface area (Å²) in [5, 5.41) is 14.6. The van der Waals surface area contributed by atoms with E-state index in [0.717, 1.165) is 19.3 Å². The van der Waals surface area contributed by atoms with Crippen molar-refractivity contribution in [2.45, 2.75) is 44.6 Å². The lowest BCUT2D eigenvalue weighted by Gasteiger charge is -2.37. The summed E-state index contributed by atoms with van der Waals surface area (Å²) in [6, 6.07) is 8.87. The molecule has 0 atom stereocenters. The quantitative estimate of drug-likeness (QED) is 0.653. The van der Waals surface area contributed by atoms with Gasteiger partial charge in [-0.25, -0.2) is 4.79 Å². The Hall–Kier alpha value is -2.57. The second kappa shape index (κ2) is 9.22. The van der Waals surface area contributed by atoms with Crippen LogP contribution in [-0.2, 0) is 14.4 Å². The zero-order valence-electron chi connectivity index (χ0n) is 15.0. The minimum Gasteiger partial charge on any atom is -0.484 e. The molecule has 0 aromatic heterocycles. The maximum absolute atomic E-state index is 12.1. The monoisotopic (exact) mass is 362 g/mol. The highest BCUT2D eigenvalue weighted by Gasteiger charge is 2.42. The summed E-state index contributed by atoms with van der Waals surface area (Å²) >= 11 is 0. The maximum atomic E-state index is 12.1. The van der Waals surface area contributed by atoms with Gasteiger partial charge in [0.2, 0.25) is 5.91 Å². The van der Waals surface area contributed by atoms with Crippen LogP contribution >= 0.6 is 0 Å². The topological polar surface area (TPSA) is 105 Å². The largest absolute Gasteiger partial charge is 0.484 e. The van der Waals surface area contributed by atoms with Crippen LogP contribution in [0.25, 0.3) is 0 Å². The first-order valence-electron chi connectivity index (χ1n) is 8.94. The number of carboxylic acids is 1. The van der Waals surface area contributed by atoms with E-state index >= 15 is 0 Å². The van der Waals surface area contributed by atoms with Gasteiger partial charge in [-0.15, -0.1) is 0 Å². The van der Waals surface area contributed by atoms with Gasteiger partial charge in [-0.1, -0.05) is 31.5 Å². The summed E-state index contributed by atoms with van der Waals surface area (Å²) in [6.45, 7) is 1.60. The molecule has 7 nitrogen and oxygen atoms in total. The van der Waals surface area contributed by atoms with Crippen molar-refractivity contribution in [3.05, 3.63) is 30.3 Å². The van der Waals surface area contributed by atoms with Crippen LogP contribution in [0, 0.1) is 5.92 Å². The molecule has 0 bridgehead atoms. The van der Waals surface area contributed by atoms with E-state index in [9.17, 15) is 19.5 Å². The minimum atomic E-state index is -1.23. The first kappa shape index (κ1) is 19.8. The van der Waals surface area contributed by atoms with Crippen LogP contribution in [0.2, 0.25) is 0 Å². The smallest absolute Gasteiger partial charge is 0.329 e. The lowest BCUT2D eigenvalue weighted by atomic mass is 9.75. The molecule has 142 valence electrons. The summed E-state index contributed by atoms with van der Waals surface area (Å²) in [7, 11) is 0. The van der Waals surface area contributed by atoms with Crippen LogP contribution in [-0.4, -0.2) is 41.6 Å². The average Bonchev–Trinajstić information content (AvgIpc) is 2.66. The molecule has 1 aliphatic carbocycles. The minimum absolute atomic E-state index is 0.209. The van der Waals surface area contributed by atoms with Crippen LogP contribution in [0.4, 0.5) is 0 Å². The molecule has 1 saturated carbocycles. The van der Waals surface area contributed by atoms with Crippen LogP contribution < -0.4 is 15.4 Å². The Morgan fingerprint density at radius 3 is 2.38 bits per heavy atom. The van der Waals surface area contributed by atoms with Crippen molar-refractivity contribution in [1.29, 1.82) is 0 Å². The van der Waals surface area contributed by atoms with E-state index in [1.807, 2.05) is 6.07 Å². The van der Waals surface area contributed by atoms with E-state index in [2.05, 4.69) is 17.6 Å². The highest BCUT2D eigenvalue weighted by molar-refractivity contribution is 5.90. The fourth-order valence-corrected chi connectivity index (χ4v) is 3.18. The van der Waals surface area contributed by atoms with E-state index < -0.39 is 23.3 Å². The summed E-state index contributed by atoms with van der Waals surface area (Å²) in [6.07, 6.45) is 3.40. The van der Waals surface area contributed by atoms with Crippen molar-refractivity contribution in [2.75, 3.05) is 13.2 Å². The van der Waals surface area contributed by atoms with Gasteiger partial charge in [0.05, 0.1) is 6.54 Å². The second-order valence-corrected chi connectivity index (χ2v) is 6.67. The van der Waals surface area contributed by atoms with Crippen molar-refractivity contribution >= 4 is 17.8 Å². The predicted molar refractivity (Wildman–Crippen MR) is 95.7 cm³/mol. The zero-order valence-corrected chi connectivity index (χ0v) is 15.0. The Morgan fingerprint density at radius 1 is 1.15 bits per heavy atom. The molecule has 0 heterocycles. The molecule has 2 rings (SSSR count). The fraction of sp³-hybridized carbons (Fsp3) is 0.526. The van der Waals surface area contributed by atoms with Gasteiger partial charge in [-0.05, 0) is 43.7 Å². The molecule has 0 aliphatic heterocycles. The van der Waals surface area contributed by atoms with E-state index in [4.69, 9.17) is 4.74 Å². The number of amides is 2. The van der Waals surface area contributed by atoms with Gasteiger partial charge < -0.3 is 20.5 Å². The van der Waals surface area contributed by atoms with Crippen LogP contribution in [0.3, 0.4) is 0 Å². The normalized spacial score (nSPS) is 22.3. The lowest BCUT2D eigenvalue weighted by molar-refractivity contribution is -0.149. The van der Waals surface area contributed by atoms with E-state index in [0.29, 0.717) is 24.5 Å². The summed E-state index contributed by atoms with van der Waals surface area (Å²) in [5.74, 6) is -0.892. The van der Waals surface area contributed by atoms with Crippen molar-refractivity contribution in [1.82, 2.24) is 10.6 Å². The second-order valence-electron chi connectivity index (χ2n) is 6.67. The molecule has 0 radical (unpaired) electrons. The van der Waals surface area contributed by atoms with Gasteiger partial charge in [-0.2, -0.15) is 0 Å². The van der Waals surface area contributed by atoms with E-state index in [-0.39, 0.29) is 13.2 Å². The van der Waals surface area contributed by atoms with Crippen LogP contribution in [0.1, 0.15) is 39.0 Å². The Labute approximate surface area is 153 Å². The fourth-order valence-electron chi connectivity index (χ4n) is 3.18. The third-order valence-corrected chi connectivity index (χ3v) is 4.88. The molecule has 26 heavy (non-hydrogen) atoms. The lowest BCUT2D eigenvalue weighted by Crippen LogP contribution is -2.58. The maximum Gasteiger partial charge on any atom is 0.329 e. The van der Waals surface area contributed by atoms with Crippen molar-refractivity contribution in [2.24, 2.45) is 5.92 Å². The summed E-state index contributed by atoms with van der Waals surface area (Å²) in [4.78, 5) is 35.6. The number of para-hydroxylation sites is 1. The third kappa shape index (κ3) is 5.47. The molecular formula is C19H26N2O5. The number of carbonyl (C=O) groups is 3. The van der Waals surface area contributed by atoms with Crippen molar-refractivity contribution in [3.63, 3.8) is 0 Å². The Bertz CT molecular complexity index is 624. The molecule has 1 aromatic carbocycles. The molecule has 2 amide bonds. The van der Waals surface area contributed by atoms with E-state index in [1.165, 1.54) is 0 Å². The van der Waals surface area contributed by atoms with Crippen LogP contribution in [0.5, 0.6) is 5.75 Å². The number of hydrogen-bond donors (Lipinski definition) is 3. The molecule has 1 aliphatic rings. The number of hydrogen-bond acceptors (Lipinski definition) is 4. The Balaban J connectivity index is 1.77. The number of aliphatic carboxylic acids is 1. The first-order chi connectivity index (χ1) is 12.4. The molecular weight excluding hydrogens is 336 g/mol. The summed E-state index contributed by atoms with van der Waals surface area (Å²) in [5.41, 5.74) is -1.23. The molecule has 3 N–H and O–H groups in total. The number of rotatable bonds is 8. The van der Waals surface area contributed by atoms with E-state index in [1.54, 1.807) is 24.3 Å². The third-order valence-electron chi connectivity index (χ3n) is 4.88. The highest BCUT2D eigenvalue weighted by atomic mass is 16.5. The Morgan fingerprint density at radius 2 is 1.81 bits per heavy atom.